The predicted octanol–water partition coefficient (Wildman–Crippen LogP) is 1.70. The largest absolute Gasteiger partial charge is 0.480 e. The smallest absolute Gasteiger partial charge is 0.326 e. The van der Waals surface area contributed by atoms with Gasteiger partial charge >= 0.3 is 12.0 Å². The third-order valence-corrected chi connectivity index (χ3v) is 3.50. The molecule has 6 nitrogen and oxygen atoms in total. The number of carbonyl (C=O) groups excluding carboxylic acids is 1. The van der Waals surface area contributed by atoms with Gasteiger partial charge in [0.1, 0.15) is 6.04 Å². The molecular weight excluding hydrogens is 284 g/mol. The monoisotopic (exact) mass is 298 g/mol. The van der Waals surface area contributed by atoms with Crippen LogP contribution in [0.5, 0.6) is 0 Å². The van der Waals surface area contributed by atoms with Gasteiger partial charge in [-0.05, 0) is 24.6 Å². The minimum Gasteiger partial charge on any atom is -0.480 e. The molecule has 1 saturated heterocycles. The Morgan fingerprint density at radius 2 is 2.15 bits per heavy atom. The molecule has 3 N–H and O–H groups in total. The number of halogens is 1. The van der Waals surface area contributed by atoms with Crippen LogP contribution in [0, 0.1) is 6.92 Å². The van der Waals surface area contributed by atoms with Gasteiger partial charge in [-0.2, -0.15) is 0 Å². The van der Waals surface area contributed by atoms with E-state index in [-0.39, 0.29) is 13.0 Å². The molecule has 7 heteroatoms. The second-order valence-corrected chi connectivity index (χ2v) is 5.22. The number of hydrogen-bond donors (Lipinski definition) is 3. The summed E-state index contributed by atoms with van der Waals surface area (Å²) in [5, 5.41) is 21.7. The Hall–Kier alpha value is -1.79. The van der Waals surface area contributed by atoms with Crippen LogP contribution in [0.2, 0.25) is 5.02 Å². The molecule has 2 amide bonds. The first-order valence-corrected chi connectivity index (χ1v) is 6.51. The molecule has 0 bridgehead atoms. The fourth-order valence-corrected chi connectivity index (χ4v) is 2.36. The number of anilines is 1. The maximum Gasteiger partial charge on any atom is 0.326 e. The number of β-amino-alcohol motifs (C(OH)–C–C–N with tert-alkyl or cyclic N) is 1. The van der Waals surface area contributed by atoms with Crippen molar-refractivity contribution in [2.75, 3.05) is 11.9 Å². The van der Waals surface area contributed by atoms with E-state index in [4.69, 9.17) is 16.7 Å². The number of nitrogens with one attached hydrogen (secondary N) is 1. The Kier molecular flexibility index (Phi) is 4.15. The Balaban J connectivity index is 2.15. The highest BCUT2D eigenvalue weighted by atomic mass is 35.5. The molecule has 108 valence electrons. The van der Waals surface area contributed by atoms with Crippen LogP contribution in [0.3, 0.4) is 0 Å². The number of nitrogens with zero attached hydrogens (tertiary/aromatic N) is 1. The normalized spacial score (nSPS) is 21.9. The van der Waals surface area contributed by atoms with E-state index >= 15 is 0 Å². The maximum atomic E-state index is 12.1. The number of amides is 2. The molecule has 0 radical (unpaired) electrons. The molecule has 0 saturated carbocycles. The summed E-state index contributed by atoms with van der Waals surface area (Å²) in [6.45, 7) is 1.81. The summed E-state index contributed by atoms with van der Waals surface area (Å²) in [5.74, 6) is -1.13. The van der Waals surface area contributed by atoms with Crippen LogP contribution >= 0.6 is 11.6 Å². The zero-order valence-corrected chi connectivity index (χ0v) is 11.6. The number of aliphatic carboxylic acids is 1. The average Bonchev–Trinajstić information content (AvgIpc) is 2.76. The van der Waals surface area contributed by atoms with Crippen LogP contribution in [0.1, 0.15) is 12.0 Å². The number of likely N-dealkylation sites (tertiary alicyclic amines) is 1. The highest BCUT2D eigenvalue weighted by Gasteiger charge is 2.39. The highest BCUT2D eigenvalue weighted by molar-refractivity contribution is 6.31. The maximum absolute atomic E-state index is 12.1. The summed E-state index contributed by atoms with van der Waals surface area (Å²) in [6, 6.07) is 3.48. The van der Waals surface area contributed by atoms with Crippen LogP contribution < -0.4 is 5.32 Å². The molecule has 0 unspecified atom stereocenters. The lowest BCUT2D eigenvalue weighted by atomic mass is 10.2. The lowest BCUT2D eigenvalue weighted by Crippen LogP contribution is -2.43. The van der Waals surface area contributed by atoms with Crippen LogP contribution in [0.4, 0.5) is 10.5 Å². The summed E-state index contributed by atoms with van der Waals surface area (Å²) in [7, 11) is 0. The van der Waals surface area contributed by atoms with Crippen molar-refractivity contribution in [1.82, 2.24) is 4.90 Å². The Morgan fingerprint density at radius 3 is 2.80 bits per heavy atom. The number of carboxylic acids is 1. The van der Waals surface area contributed by atoms with Gasteiger partial charge in [0, 0.05) is 23.7 Å². The Labute approximate surface area is 121 Å². The van der Waals surface area contributed by atoms with E-state index in [1.165, 1.54) is 0 Å². The van der Waals surface area contributed by atoms with E-state index in [0.29, 0.717) is 10.7 Å². The first-order valence-electron chi connectivity index (χ1n) is 6.13. The Morgan fingerprint density at radius 1 is 1.45 bits per heavy atom. The number of rotatable bonds is 2. The molecule has 0 aromatic heterocycles. The lowest BCUT2D eigenvalue weighted by molar-refractivity contribution is -0.141. The zero-order valence-electron chi connectivity index (χ0n) is 10.8. The first kappa shape index (κ1) is 14.6. The van der Waals surface area contributed by atoms with Gasteiger partial charge in [0.15, 0.2) is 0 Å². The fourth-order valence-electron chi connectivity index (χ4n) is 2.19. The third kappa shape index (κ3) is 3.02. The molecule has 20 heavy (non-hydrogen) atoms. The van der Waals surface area contributed by atoms with Crippen molar-refractivity contribution < 1.29 is 19.8 Å². The number of carbonyl (C=O) groups is 2. The van der Waals surface area contributed by atoms with E-state index in [1.54, 1.807) is 25.1 Å². The zero-order chi connectivity index (χ0) is 14.9. The Bertz CT molecular complexity index is 549. The fraction of sp³-hybridized carbons (Fsp3) is 0.385. The SMILES string of the molecule is Cc1ccc(Cl)cc1NC(=O)N1C[C@H](O)C[C@@H]1C(=O)O. The second kappa shape index (κ2) is 5.68. The minimum absolute atomic E-state index is 0.00239. The number of aryl methyl sites for hydroxylation is 1. The molecular formula is C13H15ClN2O4. The second-order valence-electron chi connectivity index (χ2n) is 4.79. The summed E-state index contributed by atoms with van der Waals surface area (Å²) in [6.07, 6.45) is -0.778. The lowest BCUT2D eigenvalue weighted by Gasteiger charge is -2.22. The van der Waals surface area contributed by atoms with E-state index in [0.717, 1.165) is 10.5 Å². The van der Waals surface area contributed by atoms with Gasteiger partial charge in [-0.15, -0.1) is 0 Å². The topological polar surface area (TPSA) is 89.9 Å². The summed E-state index contributed by atoms with van der Waals surface area (Å²) in [5.41, 5.74) is 1.34. The standard InChI is InChI=1S/C13H15ClN2O4/c1-7-2-3-8(14)4-10(7)15-13(20)16-6-9(17)5-11(16)12(18)19/h2-4,9,11,17H,5-6H2,1H3,(H,15,20)(H,18,19)/t9-,11-/m1/s1. The number of urea groups is 1. The van der Waals surface area contributed by atoms with Gasteiger partial charge < -0.3 is 20.4 Å². The van der Waals surface area contributed by atoms with Crippen molar-refractivity contribution in [3.8, 4) is 0 Å². The molecule has 1 aliphatic rings. The van der Waals surface area contributed by atoms with Crippen molar-refractivity contribution in [1.29, 1.82) is 0 Å². The molecule has 1 aliphatic heterocycles. The van der Waals surface area contributed by atoms with E-state index in [2.05, 4.69) is 5.32 Å². The van der Waals surface area contributed by atoms with Crippen molar-refractivity contribution >= 4 is 29.3 Å². The summed E-state index contributed by atoms with van der Waals surface area (Å²) >= 11 is 5.86. The van der Waals surface area contributed by atoms with E-state index in [1.807, 2.05) is 0 Å². The van der Waals surface area contributed by atoms with Gasteiger partial charge in [-0.3, -0.25) is 0 Å². The molecule has 2 atom stereocenters. The van der Waals surface area contributed by atoms with E-state index < -0.39 is 24.1 Å². The van der Waals surface area contributed by atoms with E-state index in [9.17, 15) is 14.7 Å². The number of benzene rings is 1. The summed E-state index contributed by atoms with van der Waals surface area (Å²) < 4.78 is 0. The molecule has 0 aliphatic carbocycles. The summed E-state index contributed by atoms with van der Waals surface area (Å²) in [4.78, 5) is 24.3. The first-order chi connectivity index (χ1) is 9.38. The van der Waals surface area contributed by atoms with Gasteiger partial charge in [0.2, 0.25) is 0 Å². The van der Waals surface area contributed by atoms with Crippen LogP contribution in [-0.4, -0.2) is 45.8 Å². The van der Waals surface area contributed by atoms with Crippen LogP contribution in [0.25, 0.3) is 0 Å². The average molecular weight is 299 g/mol. The van der Waals surface area contributed by atoms with Gasteiger partial charge in [0.25, 0.3) is 0 Å². The molecule has 1 aromatic carbocycles. The van der Waals surface area contributed by atoms with Gasteiger partial charge in [0.05, 0.1) is 6.10 Å². The van der Waals surface area contributed by atoms with Crippen molar-refractivity contribution in [2.45, 2.75) is 25.5 Å². The van der Waals surface area contributed by atoms with Crippen molar-refractivity contribution in [2.24, 2.45) is 0 Å². The van der Waals surface area contributed by atoms with Crippen molar-refractivity contribution in [3.63, 3.8) is 0 Å². The van der Waals surface area contributed by atoms with Crippen molar-refractivity contribution in [3.05, 3.63) is 28.8 Å². The number of hydrogen-bond acceptors (Lipinski definition) is 3. The van der Waals surface area contributed by atoms with Gasteiger partial charge in [-0.1, -0.05) is 17.7 Å². The molecule has 1 aromatic rings. The number of aliphatic hydroxyl groups excluding tert-OH is 1. The van der Waals surface area contributed by atoms with Crippen LogP contribution in [0.15, 0.2) is 18.2 Å². The molecule has 1 fully saturated rings. The molecule has 2 rings (SSSR count). The number of aliphatic hydroxyl groups is 1. The third-order valence-electron chi connectivity index (χ3n) is 3.27. The number of carboxylic acid groups (broad SMARTS) is 1. The molecule has 0 spiro atoms. The highest BCUT2D eigenvalue weighted by Crippen LogP contribution is 2.23. The van der Waals surface area contributed by atoms with Gasteiger partial charge in [-0.25, -0.2) is 9.59 Å². The quantitative estimate of drug-likeness (QED) is 0.775. The van der Waals surface area contributed by atoms with Crippen LogP contribution in [-0.2, 0) is 4.79 Å². The minimum atomic E-state index is -1.13. The predicted molar refractivity (Wildman–Crippen MR) is 74.0 cm³/mol. The molecule has 1 heterocycles.